The standard InChI is InChI=1S/C21H17ClN6O3/c22-15-9-7-14(8-10-15)20-25-27-28(26-20)13-19(29)24-18-6-2-1-5-17(18)21(30)23-12-16-4-3-11-31-16/h1-11H,12-13H2,(H,23,30)(H,24,29). The van der Waals surface area contributed by atoms with Crippen LogP contribution in [0.3, 0.4) is 0 Å². The fourth-order valence-electron chi connectivity index (χ4n) is 2.81. The van der Waals surface area contributed by atoms with Gasteiger partial charge in [-0.1, -0.05) is 23.7 Å². The van der Waals surface area contributed by atoms with Crippen LogP contribution in [0.25, 0.3) is 11.4 Å². The van der Waals surface area contributed by atoms with E-state index in [9.17, 15) is 9.59 Å². The Morgan fingerprint density at radius 2 is 1.84 bits per heavy atom. The van der Waals surface area contributed by atoms with Gasteiger partial charge in [0.2, 0.25) is 11.7 Å². The van der Waals surface area contributed by atoms with E-state index in [2.05, 4.69) is 26.0 Å². The van der Waals surface area contributed by atoms with Crippen molar-refractivity contribution in [1.29, 1.82) is 0 Å². The number of furan rings is 1. The lowest BCUT2D eigenvalue weighted by molar-refractivity contribution is -0.117. The van der Waals surface area contributed by atoms with Crippen molar-refractivity contribution in [2.24, 2.45) is 0 Å². The van der Waals surface area contributed by atoms with Gasteiger partial charge in [-0.2, -0.15) is 4.80 Å². The molecular formula is C21H17ClN6O3. The van der Waals surface area contributed by atoms with Crippen LogP contribution < -0.4 is 10.6 Å². The SMILES string of the molecule is O=C(Cn1nnc(-c2ccc(Cl)cc2)n1)Nc1ccccc1C(=O)NCc1ccco1. The van der Waals surface area contributed by atoms with Gasteiger partial charge >= 0.3 is 0 Å². The number of anilines is 1. The van der Waals surface area contributed by atoms with Gasteiger partial charge in [0.25, 0.3) is 5.91 Å². The van der Waals surface area contributed by atoms with Crippen LogP contribution in [0.2, 0.25) is 5.02 Å². The van der Waals surface area contributed by atoms with E-state index in [-0.39, 0.29) is 19.0 Å². The normalized spacial score (nSPS) is 10.6. The first-order chi connectivity index (χ1) is 15.1. The summed E-state index contributed by atoms with van der Waals surface area (Å²) in [7, 11) is 0. The summed E-state index contributed by atoms with van der Waals surface area (Å²) in [5, 5.41) is 18.1. The van der Waals surface area contributed by atoms with Crippen molar-refractivity contribution in [1.82, 2.24) is 25.5 Å². The zero-order chi connectivity index (χ0) is 21.6. The Hall–Kier alpha value is -3.98. The van der Waals surface area contributed by atoms with E-state index in [1.807, 2.05) is 0 Å². The summed E-state index contributed by atoms with van der Waals surface area (Å²) < 4.78 is 5.21. The largest absolute Gasteiger partial charge is 0.467 e. The molecule has 0 radical (unpaired) electrons. The highest BCUT2D eigenvalue weighted by Gasteiger charge is 2.15. The number of halogens is 1. The second-order valence-corrected chi connectivity index (χ2v) is 6.94. The number of hydrogen-bond acceptors (Lipinski definition) is 6. The number of nitrogens with zero attached hydrogens (tertiary/aromatic N) is 4. The van der Waals surface area contributed by atoms with E-state index < -0.39 is 5.91 Å². The summed E-state index contributed by atoms with van der Waals surface area (Å²) in [5.74, 6) is 0.272. The minimum atomic E-state index is -0.397. The molecule has 4 rings (SSSR count). The maximum Gasteiger partial charge on any atom is 0.253 e. The fourth-order valence-corrected chi connectivity index (χ4v) is 2.93. The van der Waals surface area contributed by atoms with E-state index in [4.69, 9.17) is 16.0 Å². The zero-order valence-corrected chi connectivity index (χ0v) is 16.9. The Morgan fingerprint density at radius 3 is 2.61 bits per heavy atom. The van der Waals surface area contributed by atoms with E-state index in [1.165, 1.54) is 11.1 Å². The van der Waals surface area contributed by atoms with Crippen molar-refractivity contribution in [3.05, 3.63) is 83.3 Å². The highest BCUT2D eigenvalue weighted by atomic mass is 35.5. The topological polar surface area (TPSA) is 115 Å². The highest BCUT2D eigenvalue weighted by Crippen LogP contribution is 2.18. The highest BCUT2D eigenvalue weighted by molar-refractivity contribution is 6.30. The van der Waals surface area contributed by atoms with Crippen molar-refractivity contribution >= 4 is 29.1 Å². The molecule has 0 unspecified atom stereocenters. The van der Waals surface area contributed by atoms with E-state index in [0.29, 0.717) is 27.9 Å². The summed E-state index contributed by atoms with van der Waals surface area (Å²) in [4.78, 5) is 26.2. The maximum absolute atomic E-state index is 12.5. The predicted molar refractivity (Wildman–Crippen MR) is 113 cm³/mol. The number of amides is 2. The lowest BCUT2D eigenvalue weighted by atomic mass is 10.1. The molecule has 0 fully saturated rings. The van der Waals surface area contributed by atoms with Gasteiger partial charge in [0.05, 0.1) is 24.1 Å². The smallest absolute Gasteiger partial charge is 0.253 e. The lowest BCUT2D eigenvalue weighted by Crippen LogP contribution is -2.26. The summed E-state index contributed by atoms with van der Waals surface area (Å²) in [5.41, 5.74) is 1.44. The molecule has 156 valence electrons. The van der Waals surface area contributed by atoms with Gasteiger partial charge < -0.3 is 15.1 Å². The number of hydrogen-bond donors (Lipinski definition) is 2. The van der Waals surface area contributed by atoms with Crippen molar-refractivity contribution < 1.29 is 14.0 Å². The molecule has 10 heteroatoms. The molecule has 0 atom stereocenters. The monoisotopic (exact) mass is 436 g/mol. The van der Waals surface area contributed by atoms with Crippen molar-refractivity contribution in [2.75, 3.05) is 5.32 Å². The Balaban J connectivity index is 1.40. The van der Waals surface area contributed by atoms with Crippen LogP contribution in [-0.4, -0.2) is 32.0 Å². The van der Waals surface area contributed by atoms with Crippen LogP contribution in [0, 0.1) is 0 Å². The van der Waals surface area contributed by atoms with E-state index in [0.717, 1.165) is 5.56 Å². The molecule has 0 bridgehead atoms. The molecule has 2 aromatic heterocycles. The second-order valence-electron chi connectivity index (χ2n) is 6.51. The van der Waals surface area contributed by atoms with Gasteiger partial charge in [-0.15, -0.1) is 10.2 Å². The third kappa shape index (κ3) is 5.14. The van der Waals surface area contributed by atoms with Gasteiger partial charge in [0.1, 0.15) is 12.3 Å². The number of rotatable bonds is 7. The number of benzene rings is 2. The molecule has 0 saturated heterocycles. The Morgan fingerprint density at radius 1 is 1.03 bits per heavy atom. The molecule has 0 spiro atoms. The van der Waals surface area contributed by atoms with Gasteiger partial charge in [-0.25, -0.2) is 0 Å². The van der Waals surface area contributed by atoms with E-state index in [1.54, 1.807) is 60.7 Å². The molecule has 0 aliphatic carbocycles. The summed E-state index contributed by atoms with van der Waals surface area (Å²) in [6.07, 6.45) is 1.53. The molecule has 2 aromatic carbocycles. The fraction of sp³-hybridized carbons (Fsp3) is 0.0952. The van der Waals surface area contributed by atoms with Crippen LogP contribution in [0.5, 0.6) is 0 Å². The molecule has 0 saturated carbocycles. The number of carbonyl (C=O) groups is 2. The van der Waals surface area contributed by atoms with Gasteiger partial charge in [-0.05, 0) is 53.7 Å². The van der Waals surface area contributed by atoms with Crippen LogP contribution >= 0.6 is 11.6 Å². The molecular weight excluding hydrogens is 420 g/mol. The first kappa shape index (κ1) is 20.3. The van der Waals surface area contributed by atoms with Crippen molar-refractivity contribution in [3.8, 4) is 11.4 Å². The van der Waals surface area contributed by atoms with E-state index >= 15 is 0 Å². The number of aromatic nitrogens is 4. The molecule has 31 heavy (non-hydrogen) atoms. The van der Waals surface area contributed by atoms with Gasteiger partial charge in [0, 0.05) is 10.6 Å². The Kier molecular flexibility index (Phi) is 6.04. The van der Waals surface area contributed by atoms with Crippen LogP contribution in [0.1, 0.15) is 16.1 Å². The number of tetrazole rings is 1. The van der Waals surface area contributed by atoms with Crippen molar-refractivity contribution in [3.63, 3.8) is 0 Å². The number of nitrogens with one attached hydrogen (secondary N) is 2. The molecule has 0 aliphatic heterocycles. The summed E-state index contributed by atoms with van der Waals surface area (Å²) in [6, 6.07) is 17.2. The first-order valence-corrected chi connectivity index (χ1v) is 9.69. The summed E-state index contributed by atoms with van der Waals surface area (Å²) >= 11 is 5.88. The molecule has 4 aromatic rings. The Bertz CT molecular complexity index is 1190. The number of para-hydroxylation sites is 1. The van der Waals surface area contributed by atoms with Gasteiger partial charge in [0.15, 0.2) is 0 Å². The molecule has 2 heterocycles. The molecule has 2 N–H and O–H groups in total. The first-order valence-electron chi connectivity index (χ1n) is 9.32. The minimum absolute atomic E-state index is 0.164. The van der Waals surface area contributed by atoms with Crippen LogP contribution in [0.15, 0.2) is 71.3 Å². The molecule has 2 amide bonds. The average Bonchev–Trinajstić information content (AvgIpc) is 3.45. The van der Waals surface area contributed by atoms with Crippen LogP contribution in [-0.2, 0) is 17.9 Å². The molecule has 0 aliphatic rings. The summed E-state index contributed by atoms with van der Waals surface area (Å²) in [6.45, 7) is 0.0768. The predicted octanol–water partition coefficient (Wildman–Crippen LogP) is 3.16. The minimum Gasteiger partial charge on any atom is -0.467 e. The van der Waals surface area contributed by atoms with Crippen LogP contribution in [0.4, 0.5) is 5.69 Å². The maximum atomic E-state index is 12.5. The zero-order valence-electron chi connectivity index (χ0n) is 16.2. The quantitative estimate of drug-likeness (QED) is 0.460. The Labute approximate surface area is 182 Å². The third-order valence-corrected chi connectivity index (χ3v) is 4.54. The molecule has 9 nitrogen and oxygen atoms in total. The number of carbonyl (C=O) groups excluding carboxylic acids is 2. The van der Waals surface area contributed by atoms with Gasteiger partial charge in [-0.3, -0.25) is 9.59 Å². The second kappa shape index (κ2) is 9.23. The lowest BCUT2D eigenvalue weighted by Gasteiger charge is -2.10. The van der Waals surface area contributed by atoms with Crippen molar-refractivity contribution in [2.45, 2.75) is 13.1 Å². The average molecular weight is 437 g/mol. The third-order valence-electron chi connectivity index (χ3n) is 4.29.